The molecular weight excluding hydrogens is 268 g/mol. The van der Waals surface area contributed by atoms with Crippen molar-refractivity contribution in [2.75, 3.05) is 18.4 Å². The van der Waals surface area contributed by atoms with E-state index in [9.17, 15) is 4.79 Å². The second-order valence-electron chi connectivity index (χ2n) is 5.00. The van der Waals surface area contributed by atoms with Gasteiger partial charge in [-0.05, 0) is 18.6 Å². The molecule has 1 aliphatic rings. The van der Waals surface area contributed by atoms with Gasteiger partial charge in [-0.2, -0.15) is 0 Å². The predicted octanol–water partition coefficient (Wildman–Crippen LogP) is 1.15. The van der Waals surface area contributed by atoms with Gasteiger partial charge in [0.15, 0.2) is 5.82 Å². The van der Waals surface area contributed by atoms with Crippen molar-refractivity contribution in [2.45, 2.75) is 26.4 Å². The summed E-state index contributed by atoms with van der Waals surface area (Å²) in [5.41, 5.74) is 0.462. The van der Waals surface area contributed by atoms with Crippen molar-refractivity contribution in [1.29, 1.82) is 0 Å². The second-order valence-corrected chi connectivity index (χ2v) is 5.00. The van der Waals surface area contributed by atoms with Gasteiger partial charge in [-0.15, -0.1) is 10.2 Å². The number of carbonyl (C=O) groups excluding carboxylic acids is 1. The van der Waals surface area contributed by atoms with Gasteiger partial charge in [0.2, 0.25) is 0 Å². The minimum Gasteiger partial charge on any atom is -0.370 e. The number of rotatable bonds is 4. The van der Waals surface area contributed by atoms with Gasteiger partial charge in [0.1, 0.15) is 17.8 Å². The van der Waals surface area contributed by atoms with Crippen LogP contribution in [0, 0.1) is 0 Å². The summed E-state index contributed by atoms with van der Waals surface area (Å²) in [7, 11) is 0. The molecule has 0 saturated carbocycles. The summed E-state index contributed by atoms with van der Waals surface area (Å²) in [5.74, 6) is 1.49. The van der Waals surface area contributed by atoms with Crippen LogP contribution in [0.3, 0.4) is 0 Å². The van der Waals surface area contributed by atoms with Crippen molar-refractivity contribution < 1.29 is 4.79 Å². The fourth-order valence-corrected chi connectivity index (χ4v) is 2.31. The molecule has 7 nitrogen and oxygen atoms in total. The van der Waals surface area contributed by atoms with E-state index in [1.165, 1.54) is 0 Å². The number of pyridine rings is 1. The lowest BCUT2D eigenvalue weighted by molar-refractivity contribution is 0.0701. The van der Waals surface area contributed by atoms with Crippen LogP contribution in [-0.4, -0.2) is 43.6 Å². The molecule has 0 saturated heterocycles. The summed E-state index contributed by atoms with van der Waals surface area (Å²) in [6.07, 6.45) is 2.71. The lowest BCUT2D eigenvalue weighted by Gasteiger charge is -2.26. The van der Waals surface area contributed by atoms with Crippen LogP contribution < -0.4 is 5.32 Å². The molecule has 0 fully saturated rings. The van der Waals surface area contributed by atoms with Gasteiger partial charge in [-0.3, -0.25) is 4.79 Å². The summed E-state index contributed by atoms with van der Waals surface area (Å²) in [4.78, 5) is 18.7. The third-order valence-corrected chi connectivity index (χ3v) is 3.45. The number of nitrogens with one attached hydrogen (secondary N) is 1. The number of aromatic nitrogens is 4. The maximum Gasteiger partial charge on any atom is 0.273 e. The van der Waals surface area contributed by atoms with Gasteiger partial charge in [0.25, 0.3) is 5.91 Å². The third kappa shape index (κ3) is 2.86. The van der Waals surface area contributed by atoms with Crippen LogP contribution in [0.25, 0.3) is 0 Å². The zero-order chi connectivity index (χ0) is 14.7. The molecule has 110 valence electrons. The monoisotopic (exact) mass is 286 g/mol. The summed E-state index contributed by atoms with van der Waals surface area (Å²) in [6, 6.07) is 5.47. The van der Waals surface area contributed by atoms with E-state index in [2.05, 4.69) is 27.4 Å². The lowest BCUT2D eigenvalue weighted by Crippen LogP contribution is -2.38. The van der Waals surface area contributed by atoms with Gasteiger partial charge < -0.3 is 14.8 Å². The quantitative estimate of drug-likeness (QED) is 0.912. The van der Waals surface area contributed by atoms with E-state index in [-0.39, 0.29) is 5.91 Å². The zero-order valence-electron chi connectivity index (χ0n) is 12.0. The Kier molecular flexibility index (Phi) is 3.81. The Morgan fingerprint density at radius 3 is 3.14 bits per heavy atom. The molecule has 2 aromatic heterocycles. The normalized spacial score (nSPS) is 13.9. The molecule has 0 aromatic carbocycles. The first kappa shape index (κ1) is 13.5. The first-order valence-electron chi connectivity index (χ1n) is 7.15. The average Bonchev–Trinajstić information content (AvgIpc) is 3.00. The van der Waals surface area contributed by atoms with Crippen LogP contribution in [-0.2, 0) is 13.1 Å². The van der Waals surface area contributed by atoms with E-state index >= 15 is 0 Å². The van der Waals surface area contributed by atoms with E-state index in [0.717, 1.165) is 31.2 Å². The van der Waals surface area contributed by atoms with Gasteiger partial charge in [-0.1, -0.05) is 13.0 Å². The number of amides is 1. The van der Waals surface area contributed by atoms with Crippen LogP contribution in [0.5, 0.6) is 0 Å². The fraction of sp³-hybridized carbons (Fsp3) is 0.429. The molecule has 0 radical (unpaired) electrons. The fourth-order valence-electron chi connectivity index (χ4n) is 2.31. The maximum absolute atomic E-state index is 12.5. The van der Waals surface area contributed by atoms with E-state index in [1.807, 2.05) is 16.7 Å². The van der Waals surface area contributed by atoms with Crippen molar-refractivity contribution in [3.8, 4) is 0 Å². The lowest BCUT2D eigenvalue weighted by atomic mass is 10.2. The third-order valence-electron chi connectivity index (χ3n) is 3.45. The van der Waals surface area contributed by atoms with E-state index in [4.69, 9.17) is 0 Å². The topological polar surface area (TPSA) is 75.9 Å². The predicted molar refractivity (Wildman–Crippen MR) is 77.8 cm³/mol. The van der Waals surface area contributed by atoms with Crippen LogP contribution in [0.1, 0.15) is 29.7 Å². The average molecular weight is 286 g/mol. The molecule has 21 heavy (non-hydrogen) atoms. The first-order chi connectivity index (χ1) is 10.3. The number of nitrogens with zero attached hydrogens (tertiary/aromatic N) is 5. The molecule has 1 amide bonds. The van der Waals surface area contributed by atoms with Crippen molar-refractivity contribution >= 4 is 11.7 Å². The Morgan fingerprint density at radius 2 is 2.29 bits per heavy atom. The Balaban J connectivity index is 1.73. The molecule has 0 aliphatic carbocycles. The smallest absolute Gasteiger partial charge is 0.273 e. The van der Waals surface area contributed by atoms with Crippen LogP contribution in [0.15, 0.2) is 24.5 Å². The molecule has 2 aromatic rings. The van der Waals surface area contributed by atoms with E-state index < -0.39 is 0 Å². The molecule has 3 heterocycles. The van der Waals surface area contributed by atoms with Crippen molar-refractivity contribution in [1.82, 2.24) is 24.6 Å². The SMILES string of the molecule is CCCNc1cccc(C(=O)N2CCn3cnnc3C2)n1. The Bertz CT molecular complexity index is 638. The Hall–Kier alpha value is -2.44. The number of hydrogen-bond acceptors (Lipinski definition) is 5. The van der Waals surface area contributed by atoms with Crippen molar-refractivity contribution in [3.63, 3.8) is 0 Å². The van der Waals surface area contributed by atoms with Crippen LogP contribution >= 0.6 is 0 Å². The summed E-state index contributed by atoms with van der Waals surface area (Å²) in [5, 5.41) is 11.1. The van der Waals surface area contributed by atoms with Gasteiger partial charge >= 0.3 is 0 Å². The highest BCUT2D eigenvalue weighted by Gasteiger charge is 2.23. The number of carbonyl (C=O) groups is 1. The van der Waals surface area contributed by atoms with E-state index in [1.54, 1.807) is 17.3 Å². The Morgan fingerprint density at radius 1 is 1.38 bits per heavy atom. The first-order valence-corrected chi connectivity index (χ1v) is 7.15. The molecule has 1 N–H and O–H groups in total. The number of hydrogen-bond donors (Lipinski definition) is 1. The van der Waals surface area contributed by atoms with Gasteiger partial charge in [0, 0.05) is 19.6 Å². The van der Waals surface area contributed by atoms with Gasteiger partial charge in [-0.25, -0.2) is 4.98 Å². The highest BCUT2D eigenvalue weighted by Crippen LogP contribution is 2.13. The maximum atomic E-state index is 12.5. The molecule has 0 unspecified atom stereocenters. The van der Waals surface area contributed by atoms with Crippen molar-refractivity contribution in [3.05, 3.63) is 36.0 Å². The largest absolute Gasteiger partial charge is 0.370 e. The molecule has 0 spiro atoms. The van der Waals surface area contributed by atoms with E-state index in [0.29, 0.717) is 18.8 Å². The highest BCUT2D eigenvalue weighted by molar-refractivity contribution is 5.92. The summed E-state index contributed by atoms with van der Waals surface area (Å²) < 4.78 is 1.97. The number of anilines is 1. The molecule has 0 bridgehead atoms. The highest BCUT2D eigenvalue weighted by atomic mass is 16.2. The van der Waals surface area contributed by atoms with Gasteiger partial charge in [0.05, 0.1) is 6.54 Å². The minimum absolute atomic E-state index is 0.0654. The summed E-state index contributed by atoms with van der Waals surface area (Å²) >= 11 is 0. The number of fused-ring (bicyclic) bond motifs is 1. The molecule has 0 atom stereocenters. The standard InChI is InChI=1S/C14H18N6O/c1-2-6-15-12-5-3-4-11(17-12)14(21)19-7-8-20-10-16-18-13(20)9-19/h3-5,10H,2,6-9H2,1H3,(H,15,17). The van der Waals surface area contributed by atoms with Crippen LogP contribution in [0.2, 0.25) is 0 Å². The second kappa shape index (κ2) is 5.90. The molecule has 7 heteroatoms. The minimum atomic E-state index is -0.0654. The molecular formula is C14H18N6O. The molecule has 1 aliphatic heterocycles. The van der Waals surface area contributed by atoms with Crippen molar-refractivity contribution in [2.24, 2.45) is 0 Å². The summed E-state index contributed by atoms with van der Waals surface area (Å²) in [6.45, 7) is 4.79. The zero-order valence-corrected chi connectivity index (χ0v) is 12.0. The molecule has 3 rings (SSSR count). The Labute approximate surface area is 123 Å². The van der Waals surface area contributed by atoms with Crippen LogP contribution in [0.4, 0.5) is 5.82 Å².